The SMILES string of the molecule is Nc1ccc2cnn(CC(=O)NC3CCCCCC3)c2c1. The van der Waals surface area contributed by atoms with Gasteiger partial charge in [0.1, 0.15) is 6.54 Å². The molecule has 1 aromatic heterocycles. The zero-order chi connectivity index (χ0) is 14.7. The summed E-state index contributed by atoms with van der Waals surface area (Å²) >= 11 is 0. The highest BCUT2D eigenvalue weighted by molar-refractivity contribution is 5.84. The summed E-state index contributed by atoms with van der Waals surface area (Å²) in [6.07, 6.45) is 8.97. The van der Waals surface area contributed by atoms with Crippen molar-refractivity contribution < 1.29 is 4.79 Å². The third-order valence-corrected chi connectivity index (χ3v) is 4.18. The van der Waals surface area contributed by atoms with E-state index in [1.165, 1.54) is 25.7 Å². The van der Waals surface area contributed by atoms with E-state index in [9.17, 15) is 4.79 Å². The van der Waals surface area contributed by atoms with Crippen LogP contribution in [0.1, 0.15) is 38.5 Å². The first-order valence-electron chi connectivity index (χ1n) is 7.73. The summed E-state index contributed by atoms with van der Waals surface area (Å²) in [6, 6.07) is 5.96. The van der Waals surface area contributed by atoms with Crippen molar-refractivity contribution in [3.8, 4) is 0 Å². The smallest absolute Gasteiger partial charge is 0.241 e. The van der Waals surface area contributed by atoms with Gasteiger partial charge in [0, 0.05) is 17.1 Å². The number of carbonyl (C=O) groups excluding carboxylic acids is 1. The van der Waals surface area contributed by atoms with Crippen LogP contribution in [0.25, 0.3) is 10.9 Å². The predicted octanol–water partition coefficient (Wildman–Crippen LogP) is 2.46. The van der Waals surface area contributed by atoms with Crippen LogP contribution < -0.4 is 11.1 Å². The summed E-state index contributed by atoms with van der Waals surface area (Å²) in [4.78, 5) is 12.2. The number of amides is 1. The van der Waals surface area contributed by atoms with E-state index in [0.29, 0.717) is 11.7 Å². The molecule has 1 amide bonds. The lowest BCUT2D eigenvalue weighted by Crippen LogP contribution is -2.36. The molecule has 0 spiro atoms. The second kappa shape index (κ2) is 6.16. The minimum atomic E-state index is 0.0364. The lowest BCUT2D eigenvalue weighted by atomic mass is 10.1. The molecule has 1 aliphatic rings. The Hall–Kier alpha value is -2.04. The first kappa shape index (κ1) is 13.9. The van der Waals surface area contributed by atoms with Crippen molar-refractivity contribution in [1.29, 1.82) is 0 Å². The van der Waals surface area contributed by atoms with Gasteiger partial charge in [0.05, 0.1) is 11.7 Å². The lowest BCUT2D eigenvalue weighted by Gasteiger charge is -2.16. The number of carbonyl (C=O) groups is 1. The van der Waals surface area contributed by atoms with Gasteiger partial charge in [0.15, 0.2) is 0 Å². The van der Waals surface area contributed by atoms with Crippen LogP contribution in [0.3, 0.4) is 0 Å². The van der Waals surface area contributed by atoms with Crippen molar-refractivity contribution in [2.24, 2.45) is 0 Å². The average molecular weight is 286 g/mol. The van der Waals surface area contributed by atoms with E-state index in [-0.39, 0.29) is 12.5 Å². The molecule has 21 heavy (non-hydrogen) atoms. The number of hydrogen-bond acceptors (Lipinski definition) is 3. The fourth-order valence-corrected chi connectivity index (χ4v) is 3.05. The van der Waals surface area contributed by atoms with Gasteiger partial charge in [-0.1, -0.05) is 25.7 Å². The van der Waals surface area contributed by atoms with E-state index < -0.39 is 0 Å². The summed E-state index contributed by atoms with van der Waals surface area (Å²) in [7, 11) is 0. The molecule has 3 rings (SSSR count). The molecule has 1 heterocycles. The van der Waals surface area contributed by atoms with E-state index in [0.717, 1.165) is 23.7 Å². The minimum Gasteiger partial charge on any atom is -0.399 e. The number of nitrogens with one attached hydrogen (secondary N) is 1. The molecule has 0 aliphatic heterocycles. The molecule has 3 N–H and O–H groups in total. The molecule has 1 saturated carbocycles. The topological polar surface area (TPSA) is 72.9 Å². The second-order valence-electron chi connectivity index (χ2n) is 5.88. The van der Waals surface area contributed by atoms with Crippen molar-refractivity contribution >= 4 is 22.5 Å². The van der Waals surface area contributed by atoms with Gasteiger partial charge < -0.3 is 11.1 Å². The van der Waals surface area contributed by atoms with E-state index in [1.807, 2.05) is 18.2 Å². The Labute approximate surface area is 124 Å². The van der Waals surface area contributed by atoms with E-state index in [2.05, 4.69) is 10.4 Å². The molecule has 1 fully saturated rings. The van der Waals surface area contributed by atoms with Crippen molar-refractivity contribution in [2.45, 2.75) is 51.1 Å². The number of aromatic nitrogens is 2. The standard InChI is InChI=1S/C16H22N4O/c17-13-8-7-12-10-18-20(15(12)9-13)11-16(21)19-14-5-3-1-2-4-6-14/h7-10,14H,1-6,11,17H2,(H,19,21). The number of rotatable bonds is 3. The van der Waals surface area contributed by atoms with Gasteiger partial charge in [0.2, 0.25) is 5.91 Å². The second-order valence-corrected chi connectivity index (χ2v) is 5.88. The van der Waals surface area contributed by atoms with Gasteiger partial charge >= 0.3 is 0 Å². The van der Waals surface area contributed by atoms with Crippen LogP contribution in [-0.2, 0) is 11.3 Å². The highest BCUT2D eigenvalue weighted by Crippen LogP contribution is 2.18. The number of hydrogen-bond donors (Lipinski definition) is 2. The molecule has 0 unspecified atom stereocenters. The third-order valence-electron chi connectivity index (χ3n) is 4.18. The minimum absolute atomic E-state index is 0.0364. The maximum absolute atomic E-state index is 12.2. The van der Waals surface area contributed by atoms with E-state index >= 15 is 0 Å². The molecule has 0 atom stereocenters. The summed E-state index contributed by atoms with van der Waals surface area (Å²) < 4.78 is 1.72. The number of anilines is 1. The molecule has 0 saturated heterocycles. The van der Waals surface area contributed by atoms with Crippen molar-refractivity contribution in [2.75, 3.05) is 5.73 Å². The zero-order valence-electron chi connectivity index (χ0n) is 12.2. The van der Waals surface area contributed by atoms with E-state index in [1.54, 1.807) is 10.9 Å². The number of nitrogens with zero attached hydrogens (tertiary/aromatic N) is 2. The van der Waals surface area contributed by atoms with Crippen molar-refractivity contribution in [3.63, 3.8) is 0 Å². The summed E-state index contributed by atoms with van der Waals surface area (Å²) in [5, 5.41) is 8.44. The molecule has 5 nitrogen and oxygen atoms in total. The van der Waals surface area contributed by atoms with Gasteiger partial charge in [0.25, 0.3) is 0 Å². The van der Waals surface area contributed by atoms with Gasteiger partial charge in [-0.15, -0.1) is 0 Å². The maximum atomic E-state index is 12.2. The maximum Gasteiger partial charge on any atom is 0.241 e. The molecule has 112 valence electrons. The molecular formula is C16H22N4O. The highest BCUT2D eigenvalue weighted by Gasteiger charge is 2.15. The normalized spacial score (nSPS) is 16.8. The average Bonchev–Trinajstić information content (AvgIpc) is 2.68. The van der Waals surface area contributed by atoms with Crippen LogP contribution >= 0.6 is 0 Å². The number of nitrogen functional groups attached to an aromatic ring is 1. The number of benzene rings is 1. The Morgan fingerprint density at radius 1 is 1.29 bits per heavy atom. The fraction of sp³-hybridized carbons (Fsp3) is 0.500. The zero-order valence-corrected chi connectivity index (χ0v) is 12.2. The Morgan fingerprint density at radius 2 is 2.05 bits per heavy atom. The quantitative estimate of drug-likeness (QED) is 0.672. The molecule has 0 radical (unpaired) electrons. The Morgan fingerprint density at radius 3 is 2.81 bits per heavy atom. The van der Waals surface area contributed by atoms with E-state index in [4.69, 9.17) is 5.73 Å². The highest BCUT2D eigenvalue weighted by atomic mass is 16.2. The molecular weight excluding hydrogens is 264 g/mol. The summed E-state index contributed by atoms with van der Waals surface area (Å²) in [5.41, 5.74) is 7.40. The van der Waals surface area contributed by atoms with Gasteiger partial charge in [-0.2, -0.15) is 5.10 Å². The Balaban J connectivity index is 1.67. The van der Waals surface area contributed by atoms with Crippen LogP contribution in [0.2, 0.25) is 0 Å². The first-order valence-corrected chi connectivity index (χ1v) is 7.73. The molecule has 5 heteroatoms. The summed E-state index contributed by atoms with van der Waals surface area (Å²) in [5.74, 6) is 0.0364. The van der Waals surface area contributed by atoms with Crippen molar-refractivity contribution in [3.05, 3.63) is 24.4 Å². The van der Waals surface area contributed by atoms with Crippen LogP contribution in [0.15, 0.2) is 24.4 Å². The monoisotopic (exact) mass is 286 g/mol. The van der Waals surface area contributed by atoms with Crippen LogP contribution in [0, 0.1) is 0 Å². The molecule has 2 aromatic rings. The molecule has 1 aromatic carbocycles. The van der Waals surface area contributed by atoms with Crippen molar-refractivity contribution in [1.82, 2.24) is 15.1 Å². The fourth-order valence-electron chi connectivity index (χ4n) is 3.05. The van der Waals surface area contributed by atoms with Crippen LogP contribution in [-0.4, -0.2) is 21.7 Å². The van der Waals surface area contributed by atoms with Gasteiger partial charge in [-0.05, 0) is 31.0 Å². The first-order chi connectivity index (χ1) is 10.2. The summed E-state index contributed by atoms with van der Waals surface area (Å²) in [6.45, 7) is 0.253. The van der Waals surface area contributed by atoms with Gasteiger partial charge in [-0.3, -0.25) is 9.48 Å². The molecule has 0 bridgehead atoms. The van der Waals surface area contributed by atoms with Crippen LogP contribution in [0.4, 0.5) is 5.69 Å². The molecule has 1 aliphatic carbocycles. The Kier molecular flexibility index (Phi) is 4.08. The Bertz CT molecular complexity index is 626. The predicted molar refractivity (Wildman–Crippen MR) is 83.8 cm³/mol. The van der Waals surface area contributed by atoms with Crippen LogP contribution in [0.5, 0.6) is 0 Å². The van der Waals surface area contributed by atoms with Gasteiger partial charge in [-0.25, -0.2) is 0 Å². The largest absolute Gasteiger partial charge is 0.399 e. The third kappa shape index (κ3) is 3.35. The lowest BCUT2D eigenvalue weighted by molar-refractivity contribution is -0.122. The number of nitrogens with two attached hydrogens (primary N) is 1. The number of fused-ring (bicyclic) bond motifs is 1.